The second-order valence-electron chi connectivity index (χ2n) is 8.99. The predicted molar refractivity (Wildman–Crippen MR) is 138 cm³/mol. The molecule has 2 aromatic carbocycles. The largest absolute Gasteiger partial charge is 0.493 e. The highest BCUT2D eigenvalue weighted by molar-refractivity contribution is 7.99. The normalized spacial score (nSPS) is 15.4. The van der Waals surface area contributed by atoms with Crippen molar-refractivity contribution < 1.29 is 19.0 Å². The van der Waals surface area contributed by atoms with Crippen molar-refractivity contribution in [3.05, 3.63) is 59.4 Å². The maximum Gasteiger partial charge on any atom is 0.310 e. The van der Waals surface area contributed by atoms with Gasteiger partial charge < -0.3 is 19.5 Å². The van der Waals surface area contributed by atoms with Crippen LogP contribution in [-0.2, 0) is 22.5 Å². The van der Waals surface area contributed by atoms with E-state index in [2.05, 4.69) is 44.5 Å². The zero-order valence-electron chi connectivity index (χ0n) is 20.7. The van der Waals surface area contributed by atoms with E-state index in [9.17, 15) is 4.79 Å². The number of methoxy groups -OCH3 is 3. The van der Waals surface area contributed by atoms with Crippen LogP contribution in [0.3, 0.4) is 0 Å². The van der Waals surface area contributed by atoms with Gasteiger partial charge in [0.1, 0.15) is 5.03 Å². The number of likely N-dealkylation sites (tertiary alicyclic amines) is 1. The van der Waals surface area contributed by atoms with Crippen molar-refractivity contribution in [2.24, 2.45) is 0 Å². The molecule has 1 saturated heterocycles. The lowest BCUT2D eigenvalue weighted by atomic mass is 9.87. The molecule has 9 heteroatoms. The fourth-order valence-corrected chi connectivity index (χ4v) is 5.80. The summed E-state index contributed by atoms with van der Waals surface area (Å²) in [5.41, 5.74) is 4.34. The smallest absolute Gasteiger partial charge is 0.310 e. The highest BCUT2D eigenvalue weighted by atomic mass is 32.2. The first-order valence-corrected chi connectivity index (χ1v) is 12.8. The Balaban J connectivity index is 1.25. The van der Waals surface area contributed by atoms with Gasteiger partial charge in [-0.05, 0) is 61.2 Å². The SMILES string of the molecule is COC(=O)Cc1cc(C2CCN(Cc3ccc4c(c3)Nc3nccnc3S4)CC2)cc(OC)c1OC. The number of benzene rings is 2. The topological polar surface area (TPSA) is 85.8 Å². The third-order valence-corrected chi connectivity index (χ3v) is 7.84. The number of rotatable bonds is 7. The quantitative estimate of drug-likeness (QED) is 0.355. The molecule has 3 heterocycles. The monoisotopic (exact) mass is 506 g/mol. The molecule has 0 saturated carbocycles. The first kappa shape index (κ1) is 24.4. The minimum absolute atomic E-state index is 0.156. The Morgan fingerprint density at radius 2 is 1.89 bits per heavy atom. The number of ether oxygens (including phenoxy) is 3. The lowest BCUT2D eigenvalue weighted by Crippen LogP contribution is -2.32. The van der Waals surface area contributed by atoms with Gasteiger partial charge in [-0.3, -0.25) is 9.69 Å². The van der Waals surface area contributed by atoms with Gasteiger partial charge in [0.2, 0.25) is 0 Å². The van der Waals surface area contributed by atoms with Crippen molar-refractivity contribution in [2.75, 3.05) is 39.7 Å². The van der Waals surface area contributed by atoms with Gasteiger partial charge >= 0.3 is 5.97 Å². The van der Waals surface area contributed by atoms with E-state index in [-0.39, 0.29) is 12.4 Å². The van der Waals surface area contributed by atoms with Gasteiger partial charge in [-0.1, -0.05) is 23.9 Å². The van der Waals surface area contributed by atoms with Crippen LogP contribution < -0.4 is 14.8 Å². The molecule has 5 rings (SSSR count). The first-order chi connectivity index (χ1) is 17.6. The standard InChI is InChI=1S/C27H30N4O4S/c1-33-22-14-19(13-20(25(22)35-3)15-24(32)34-2)18-6-10-31(11-7-18)16-17-4-5-23-21(12-17)30-26-27(36-23)29-9-8-28-26/h4-5,8-9,12-14,18H,6-7,10-11,15-16H2,1-3H3,(H,28,30). The Labute approximate surface area is 215 Å². The number of fused-ring (bicyclic) bond motifs is 2. The van der Waals surface area contributed by atoms with Gasteiger partial charge in [0.25, 0.3) is 0 Å². The molecular formula is C27H30N4O4S. The number of anilines is 2. The summed E-state index contributed by atoms with van der Waals surface area (Å²) in [7, 11) is 4.62. The molecule has 3 aromatic rings. The second-order valence-corrected chi connectivity index (χ2v) is 10.0. The Kier molecular flexibility index (Phi) is 7.29. The maximum atomic E-state index is 12.0. The predicted octanol–water partition coefficient (Wildman–Crippen LogP) is 4.80. The van der Waals surface area contributed by atoms with Crippen LogP contribution in [0.25, 0.3) is 0 Å². The second kappa shape index (κ2) is 10.8. The number of nitrogens with zero attached hydrogens (tertiary/aromatic N) is 3. The molecule has 188 valence electrons. The molecule has 0 atom stereocenters. The van der Waals surface area contributed by atoms with Crippen LogP contribution >= 0.6 is 11.8 Å². The Morgan fingerprint density at radius 3 is 2.64 bits per heavy atom. The number of carbonyl (C=O) groups excluding carboxylic acids is 1. The Hall–Kier alpha value is -3.30. The van der Waals surface area contributed by atoms with E-state index in [0.29, 0.717) is 17.4 Å². The number of piperidine rings is 1. The van der Waals surface area contributed by atoms with Crippen LogP contribution in [0.1, 0.15) is 35.4 Å². The molecule has 0 amide bonds. The molecule has 36 heavy (non-hydrogen) atoms. The lowest BCUT2D eigenvalue weighted by Gasteiger charge is -2.33. The molecule has 2 aliphatic heterocycles. The average Bonchev–Trinajstić information content (AvgIpc) is 2.91. The lowest BCUT2D eigenvalue weighted by molar-refractivity contribution is -0.139. The molecule has 0 spiro atoms. The van der Waals surface area contributed by atoms with Gasteiger partial charge in [0.05, 0.1) is 33.4 Å². The van der Waals surface area contributed by atoms with Crippen molar-refractivity contribution in [2.45, 2.75) is 41.6 Å². The van der Waals surface area contributed by atoms with Crippen LogP contribution in [0, 0.1) is 0 Å². The molecular weight excluding hydrogens is 476 g/mol. The molecule has 1 aromatic heterocycles. The zero-order chi connectivity index (χ0) is 25.1. The van der Waals surface area contributed by atoms with E-state index in [0.717, 1.165) is 54.6 Å². The van der Waals surface area contributed by atoms with Gasteiger partial charge in [-0.15, -0.1) is 0 Å². The number of aromatic nitrogens is 2. The van der Waals surface area contributed by atoms with Crippen molar-refractivity contribution in [1.29, 1.82) is 0 Å². The number of hydrogen-bond donors (Lipinski definition) is 1. The zero-order valence-corrected chi connectivity index (χ0v) is 21.6. The molecule has 1 fully saturated rings. The number of hydrogen-bond acceptors (Lipinski definition) is 9. The Bertz CT molecular complexity index is 1260. The third-order valence-electron chi connectivity index (χ3n) is 6.77. The van der Waals surface area contributed by atoms with Crippen molar-refractivity contribution in [1.82, 2.24) is 14.9 Å². The summed E-state index contributed by atoms with van der Waals surface area (Å²) in [6.07, 6.45) is 5.66. The number of nitrogens with one attached hydrogen (secondary N) is 1. The van der Waals surface area contributed by atoms with E-state index >= 15 is 0 Å². The molecule has 1 N–H and O–H groups in total. The molecule has 0 unspecified atom stereocenters. The van der Waals surface area contributed by atoms with Crippen molar-refractivity contribution in [3.8, 4) is 11.5 Å². The van der Waals surface area contributed by atoms with Gasteiger partial charge in [0.15, 0.2) is 17.3 Å². The maximum absolute atomic E-state index is 12.0. The minimum Gasteiger partial charge on any atom is -0.493 e. The van der Waals surface area contributed by atoms with Gasteiger partial charge in [0, 0.05) is 29.4 Å². The summed E-state index contributed by atoms with van der Waals surface area (Å²) in [6.45, 7) is 2.90. The van der Waals surface area contributed by atoms with Crippen molar-refractivity contribution in [3.63, 3.8) is 0 Å². The average molecular weight is 507 g/mol. The van der Waals surface area contributed by atoms with Crippen molar-refractivity contribution >= 4 is 29.2 Å². The highest BCUT2D eigenvalue weighted by Gasteiger charge is 2.25. The van der Waals surface area contributed by atoms with Crippen LogP contribution in [0.15, 0.2) is 52.6 Å². The van der Waals surface area contributed by atoms with E-state index in [4.69, 9.17) is 14.2 Å². The molecule has 0 aliphatic carbocycles. The van der Waals surface area contributed by atoms with Crippen LogP contribution in [0.2, 0.25) is 0 Å². The summed E-state index contributed by atoms with van der Waals surface area (Å²) in [6, 6.07) is 10.7. The first-order valence-electron chi connectivity index (χ1n) is 12.0. The number of esters is 1. The van der Waals surface area contributed by atoms with Gasteiger partial charge in [-0.25, -0.2) is 9.97 Å². The fraction of sp³-hybridized carbons (Fsp3) is 0.370. The summed E-state index contributed by atoms with van der Waals surface area (Å²) in [5.74, 6) is 2.17. The molecule has 8 nitrogen and oxygen atoms in total. The van der Waals surface area contributed by atoms with Crippen LogP contribution in [-0.4, -0.2) is 55.3 Å². The molecule has 2 aliphatic rings. The summed E-state index contributed by atoms with van der Waals surface area (Å²) < 4.78 is 16.0. The third kappa shape index (κ3) is 5.12. The molecule has 0 radical (unpaired) electrons. The minimum atomic E-state index is -0.296. The van der Waals surface area contributed by atoms with E-state index in [1.807, 2.05) is 6.07 Å². The fourth-order valence-electron chi connectivity index (χ4n) is 4.92. The van der Waals surface area contributed by atoms with Crippen LogP contribution in [0.5, 0.6) is 11.5 Å². The number of carbonyl (C=O) groups is 1. The van der Waals surface area contributed by atoms with E-state index in [1.165, 1.54) is 23.1 Å². The van der Waals surface area contributed by atoms with Crippen LogP contribution in [0.4, 0.5) is 11.5 Å². The highest BCUT2D eigenvalue weighted by Crippen LogP contribution is 2.42. The summed E-state index contributed by atoms with van der Waals surface area (Å²) in [4.78, 5) is 24.4. The summed E-state index contributed by atoms with van der Waals surface area (Å²) >= 11 is 1.65. The Morgan fingerprint density at radius 1 is 1.08 bits per heavy atom. The summed E-state index contributed by atoms with van der Waals surface area (Å²) in [5, 5.41) is 4.33. The van der Waals surface area contributed by atoms with Gasteiger partial charge in [-0.2, -0.15) is 0 Å². The van der Waals surface area contributed by atoms with E-state index < -0.39 is 0 Å². The van der Waals surface area contributed by atoms with E-state index in [1.54, 1.807) is 38.4 Å². The molecule has 0 bridgehead atoms.